The van der Waals surface area contributed by atoms with Gasteiger partial charge in [0.05, 0.1) is 11.9 Å². The van der Waals surface area contributed by atoms with E-state index in [1.54, 1.807) is 25.5 Å². The fraction of sp³-hybridized carbons (Fsp3) is 0.467. The highest BCUT2D eigenvalue weighted by molar-refractivity contribution is 5.73. The van der Waals surface area contributed by atoms with Gasteiger partial charge in [-0.3, -0.25) is 9.78 Å². The van der Waals surface area contributed by atoms with E-state index in [4.69, 9.17) is 0 Å². The summed E-state index contributed by atoms with van der Waals surface area (Å²) in [6.07, 6.45) is 10.1. The Bertz CT molecular complexity index is 585. The lowest BCUT2D eigenvalue weighted by atomic mass is 9.92. The molecule has 1 aliphatic heterocycles. The van der Waals surface area contributed by atoms with Gasteiger partial charge in [-0.2, -0.15) is 0 Å². The van der Waals surface area contributed by atoms with Gasteiger partial charge in [0.25, 0.3) is 0 Å². The van der Waals surface area contributed by atoms with Crippen LogP contribution in [-0.4, -0.2) is 43.8 Å². The molecule has 0 bridgehead atoms. The van der Waals surface area contributed by atoms with Gasteiger partial charge in [0.15, 0.2) is 5.82 Å². The molecule has 0 unspecified atom stereocenters. The van der Waals surface area contributed by atoms with Crippen molar-refractivity contribution in [3.05, 3.63) is 30.5 Å². The predicted molar refractivity (Wildman–Crippen MR) is 78.3 cm³/mol. The molecule has 0 aliphatic carbocycles. The number of likely N-dealkylation sites (tertiary alicyclic amines) is 1. The van der Waals surface area contributed by atoms with Gasteiger partial charge >= 0.3 is 0 Å². The number of carbonyl (C=O) groups excluding carboxylic acids is 1. The molecule has 1 saturated heterocycles. The summed E-state index contributed by atoms with van der Waals surface area (Å²) in [6, 6.07) is 0. The topological polar surface area (TPSA) is 74.8 Å². The Morgan fingerprint density at radius 3 is 2.67 bits per heavy atom. The van der Waals surface area contributed by atoms with Gasteiger partial charge in [0, 0.05) is 38.6 Å². The lowest BCUT2D eigenvalue weighted by molar-refractivity contribution is -0.130. The van der Waals surface area contributed by atoms with Crippen molar-refractivity contribution in [2.75, 3.05) is 13.1 Å². The molecular weight excluding hydrogens is 266 g/mol. The van der Waals surface area contributed by atoms with Gasteiger partial charge < -0.3 is 9.88 Å². The number of hydrogen-bond acceptors (Lipinski definition) is 4. The zero-order chi connectivity index (χ0) is 14.7. The fourth-order valence-corrected chi connectivity index (χ4v) is 2.74. The lowest BCUT2D eigenvalue weighted by Gasteiger charge is -2.31. The number of imidazole rings is 1. The van der Waals surface area contributed by atoms with Crippen LogP contribution in [0.25, 0.3) is 11.5 Å². The minimum absolute atomic E-state index is 0.177. The van der Waals surface area contributed by atoms with Crippen LogP contribution in [0.15, 0.2) is 24.8 Å². The number of H-pyrrole nitrogens is 1. The Hall–Kier alpha value is -2.24. The highest BCUT2D eigenvalue weighted by Crippen LogP contribution is 2.21. The van der Waals surface area contributed by atoms with E-state index in [0.717, 1.165) is 49.6 Å². The van der Waals surface area contributed by atoms with Crippen LogP contribution < -0.4 is 0 Å². The third-order valence-electron chi connectivity index (χ3n) is 4.00. The van der Waals surface area contributed by atoms with Crippen LogP contribution in [0, 0.1) is 5.92 Å². The molecule has 6 nitrogen and oxygen atoms in total. The number of piperidine rings is 1. The molecule has 21 heavy (non-hydrogen) atoms. The highest BCUT2D eigenvalue weighted by atomic mass is 16.2. The zero-order valence-corrected chi connectivity index (χ0v) is 12.1. The Kier molecular flexibility index (Phi) is 3.94. The number of nitrogens with one attached hydrogen (secondary N) is 1. The first-order valence-corrected chi connectivity index (χ1v) is 7.28. The number of nitrogens with zero attached hydrogens (tertiary/aromatic N) is 4. The molecular formula is C15H19N5O. The summed E-state index contributed by atoms with van der Waals surface area (Å²) in [7, 11) is 0. The van der Waals surface area contributed by atoms with E-state index >= 15 is 0 Å². The van der Waals surface area contributed by atoms with E-state index < -0.39 is 0 Å². The Labute approximate surface area is 123 Å². The number of hydrogen-bond donors (Lipinski definition) is 1. The molecule has 0 spiro atoms. The van der Waals surface area contributed by atoms with Crippen LogP contribution in [-0.2, 0) is 11.2 Å². The molecule has 1 amide bonds. The summed E-state index contributed by atoms with van der Waals surface area (Å²) >= 11 is 0. The van der Waals surface area contributed by atoms with Crippen molar-refractivity contribution < 1.29 is 4.79 Å². The minimum atomic E-state index is 0.177. The lowest BCUT2D eigenvalue weighted by Crippen LogP contribution is -2.37. The van der Waals surface area contributed by atoms with E-state index in [1.165, 1.54) is 0 Å². The van der Waals surface area contributed by atoms with Crippen molar-refractivity contribution in [3.63, 3.8) is 0 Å². The second kappa shape index (κ2) is 6.03. The molecule has 1 aliphatic rings. The van der Waals surface area contributed by atoms with Crippen molar-refractivity contribution in [2.24, 2.45) is 5.92 Å². The summed E-state index contributed by atoms with van der Waals surface area (Å²) < 4.78 is 0. The van der Waals surface area contributed by atoms with Crippen LogP contribution in [0.2, 0.25) is 0 Å². The molecule has 6 heteroatoms. The minimum Gasteiger partial charge on any atom is -0.343 e. The molecule has 2 aromatic rings. The van der Waals surface area contributed by atoms with E-state index in [2.05, 4.69) is 19.9 Å². The summed E-state index contributed by atoms with van der Waals surface area (Å²) in [5.41, 5.74) is 1.77. The van der Waals surface area contributed by atoms with Gasteiger partial charge in [0.1, 0.15) is 5.69 Å². The van der Waals surface area contributed by atoms with Crippen molar-refractivity contribution in [2.45, 2.75) is 26.2 Å². The summed E-state index contributed by atoms with van der Waals surface area (Å²) in [5, 5.41) is 0. The van der Waals surface area contributed by atoms with Gasteiger partial charge in [-0.15, -0.1) is 0 Å². The van der Waals surface area contributed by atoms with Crippen molar-refractivity contribution in [1.82, 2.24) is 24.8 Å². The van der Waals surface area contributed by atoms with E-state index in [1.807, 2.05) is 11.1 Å². The molecule has 0 saturated carbocycles. The Morgan fingerprint density at radius 1 is 1.29 bits per heavy atom. The highest BCUT2D eigenvalue weighted by Gasteiger charge is 2.21. The van der Waals surface area contributed by atoms with Gasteiger partial charge in [-0.25, -0.2) is 9.97 Å². The molecule has 2 aromatic heterocycles. The molecule has 0 aromatic carbocycles. The van der Waals surface area contributed by atoms with Gasteiger partial charge in [-0.1, -0.05) is 0 Å². The average Bonchev–Trinajstić information content (AvgIpc) is 3.03. The van der Waals surface area contributed by atoms with Crippen LogP contribution in [0.3, 0.4) is 0 Å². The first-order chi connectivity index (χ1) is 10.2. The summed E-state index contributed by atoms with van der Waals surface area (Å²) in [4.78, 5) is 29.3. The quantitative estimate of drug-likeness (QED) is 0.930. The van der Waals surface area contributed by atoms with Crippen LogP contribution in [0.1, 0.15) is 25.5 Å². The number of aromatic amines is 1. The van der Waals surface area contributed by atoms with Crippen molar-refractivity contribution >= 4 is 5.91 Å². The number of amides is 1. The maximum Gasteiger partial charge on any atom is 0.219 e. The molecule has 1 fully saturated rings. The average molecular weight is 285 g/mol. The third kappa shape index (κ3) is 3.26. The molecule has 110 valence electrons. The smallest absolute Gasteiger partial charge is 0.219 e. The largest absolute Gasteiger partial charge is 0.343 e. The van der Waals surface area contributed by atoms with Crippen molar-refractivity contribution in [1.29, 1.82) is 0 Å². The SMILES string of the molecule is CC(=O)N1CCC(Cc2cnc(-c3ncc[nH]3)cn2)CC1. The molecule has 3 heterocycles. The van der Waals surface area contributed by atoms with Gasteiger partial charge in [0.2, 0.25) is 5.91 Å². The second-order valence-electron chi connectivity index (χ2n) is 5.48. The standard InChI is InChI=1S/C15H19N5O/c1-11(21)20-6-2-12(3-7-20)8-13-9-19-14(10-18-13)15-16-4-5-17-15/h4-5,9-10,12H,2-3,6-8H2,1H3,(H,16,17). The molecule has 1 N–H and O–H groups in total. The van der Waals surface area contributed by atoms with Crippen LogP contribution >= 0.6 is 0 Å². The Balaban J connectivity index is 1.58. The predicted octanol–water partition coefficient (Wildman–Crippen LogP) is 1.67. The third-order valence-corrected chi connectivity index (χ3v) is 4.00. The fourth-order valence-electron chi connectivity index (χ4n) is 2.74. The summed E-state index contributed by atoms with van der Waals surface area (Å²) in [6.45, 7) is 3.36. The van der Waals surface area contributed by atoms with E-state index in [-0.39, 0.29) is 5.91 Å². The maximum absolute atomic E-state index is 11.3. The second-order valence-corrected chi connectivity index (χ2v) is 5.48. The first kappa shape index (κ1) is 13.7. The Morgan fingerprint density at radius 2 is 2.10 bits per heavy atom. The zero-order valence-electron chi connectivity index (χ0n) is 12.1. The molecule has 3 rings (SSSR count). The number of carbonyl (C=O) groups is 1. The normalized spacial score (nSPS) is 16.1. The molecule has 0 radical (unpaired) electrons. The molecule has 0 atom stereocenters. The van der Waals surface area contributed by atoms with Gasteiger partial charge in [-0.05, 0) is 25.2 Å². The van der Waals surface area contributed by atoms with Crippen LogP contribution in [0.4, 0.5) is 0 Å². The van der Waals surface area contributed by atoms with Crippen LogP contribution in [0.5, 0.6) is 0 Å². The first-order valence-electron chi connectivity index (χ1n) is 7.28. The van der Waals surface area contributed by atoms with Crippen molar-refractivity contribution in [3.8, 4) is 11.5 Å². The number of rotatable bonds is 3. The van der Waals surface area contributed by atoms with E-state index in [9.17, 15) is 4.79 Å². The number of aromatic nitrogens is 4. The summed E-state index contributed by atoms with van der Waals surface area (Å²) in [5.74, 6) is 1.50. The maximum atomic E-state index is 11.3. The van der Waals surface area contributed by atoms with E-state index in [0.29, 0.717) is 5.92 Å². The monoisotopic (exact) mass is 285 g/mol.